The first kappa shape index (κ1) is 12.4. The molecule has 2 rings (SSSR count). The zero-order valence-electron chi connectivity index (χ0n) is 8.14. The van der Waals surface area contributed by atoms with E-state index in [1.165, 1.54) is 4.88 Å². The highest BCUT2D eigenvalue weighted by Gasteiger charge is 2.03. The smallest absolute Gasteiger partial charge is 0.0505 e. The quantitative estimate of drug-likeness (QED) is 0.736. The summed E-state index contributed by atoms with van der Waals surface area (Å²) in [5.41, 5.74) is 1.05. The molecule has 0 aliphatic heterocycles. The molecule has 0 bridgehead atoms. The average Bonchev–Trinajstić information content (AvgIpc) is 2.63. The van der Waals surface area contributed by atoms with Gasteiger partial charge < -0.3 is 5.32 Å². The second kappa shape index (κ2) is 5.54. The van der Waals surface area contributed by atoms with Crippen LogP contribution in [0.5, 0.6) is 0 Å². The molecule has 0 atom stereocenters. The van der Waals surface area contributed by atoms with Crippen molar-refractivity contribution in [3.05, 3.63) is 48.5 Å². The van der Waals surface area contributed by atoms with Crippen molar-refractivity contribution in [1.82, 2.24) is 0 Å². The van der Waals surface area contributed by atoms with Crippen molar-refractivity contribution in [3.63, 3.8) is 0 Å². The highest BCUT2D eigenvalue weighted by Crippen LogP contribution is 2.28. The van der Waals surface area contributed by atoms with Crippen LogP contribution in [-0.4, -0.2) is 0 Å². The summed E-state index contributed by atoms with van der Waals surface area (Å²) in [6.45, 7) is 0.804. The lowest BCUT2D eigenvalue weighted by molar-refractivity contribution is 1.18. The fourth-order valence-electron chi connectivity index (χ4n) is 1.26. The van der Waals surface area contributed by atoms with Gasteiger partial charge in [-0.25, -0.2) is 0 Å². The molecule has 1 aromatic carbocycles. The molecule has 84 valence electrons. The molecular formula is C11H8Br2ClNS. The van der Waals surface area contributed by atoms with E-state index in [0.29, 0.717) is 0 Å². The lowest BCUT2D eigenvalue weighted by atomic mass is 10.3. The van der Waals surface area contributed by atoms with Crippen LogP contribution >= 0.6 is 54.8 Å². The molecule has 0 aliphatic carbocycles. The Morgan fingerprint density at radius 1 is 1.19 bits per heavy atom. The minimum absolute atomic E-state index is 0.731. The highest BCUT2D eigenvalue weighted by molar-refractivity contribution is 9.11. The van der Waals surface area contributed by atoms with Crippen molar-refractivity contribution in [3.8, 4) is 0 Å². The largest absolute Gasteiger partial charge is 0.379 e. The van der Waals surface area contributed by atoms with Gasteiger partial charge in [0.2, 0.25) is 0 Å². The van der Waals surface area contributed by atoms with Crippen LogP contribution in [0.15, 0.2) is 38.6 Å². The number of benzene rings is 1. The number of halogens is 3. The van der Waals surface area contributed by atoms with Gasteiger partial charge in [0.1, 0.15) is 0 Å². The molecule has 0 radical (unpaired) electrons. The van der Waals surface area contributed by atoms with Crippen LogP contribution < -0.4 is 5.32 Å². The van der Waals surface area contributed by atoms with Gasteiger partial charge >= 0.3 is 0 Å². The van der Waals surface area contributed by atoms with Crippen LogP contribution in [0.1, 0.15) is 4.88 Å². The minimum Gasteiger partial charge on any atom is -0.379 e. The Balaban J connectivity index is 2.08. The van der Waals surface area contributed by atoms with Crippen molar-refractivity contribution in [2.24, 2.45) is 0 Å². The topological polar surface area (TPSA) is 12.0 Å². The molecule has 0 unspecified atom stereocenters. The van der Waals surface area contributed by atoms with Gasteiger partial charge in [-0.3, -0.25) is 0 Å². The van der Waals surface area contributed by atoms with Gasteiger partial charge in [0.05, 0.1) is 6.54 Å². The molecule has 16 heavy (non-hydrogen) atoms. The van der Waals surface area contributed by atoms with Gasteiger partial charge in [0.25, 0.3) is 0 Å². The lowest BCUT2D eigenvalue weighted by Crippen LogP contribution is -1.98. The van der Waals surface area contributed by atoms with Crippen molar-refractivity contribution in [2.75, 3.05) is 5.32 Å². The van der Waals surface area contributed by atoms with Crippen LogP contribution in [-0.2, 0) is 6.54 Å². The Morgan fingerprint density at radius 2 is 2.00 bits per heavy atom. The molecule has 0 saturated heterocycles. The van der Waals surface area contributed by atoms with E-state index in [1.807, 2.05) is 18.2 Å². The minimum atomic E-state index is 0.731. The maximum Gasteiger partial charge on any atom is 0.0505 e. The molecular weight excluding hydrogens is 373 g/mol. The summed E-state index contributed by atoms with van der Waals surface area (Å²) < 4.78 is 2.13. The number of rotatable bonds is 3. The van der Waals surface area contributed by atoms with E-state index in [-0.39, 0.29) is 0 Å². The number of anilines is 1. The van der Waals surface area contributed by atoms with Crippen molar-refractivity contribution in [1.29, 1.82) is 0 Å². The highest BCUT2D eigenvalue weighted by atomic mass is 79.9. The van der Waals surface area contributed by atoms with E-state index in [4.69, 9.17) is 11.6 Å². The second-order valence-electron chi connectivity index (χ2n) is 3.17. The summed E-state index contributed by atoms with van der Waals surface area (Å²) in [7, 11) is 0. The molecule has 1 nitrogen and oxygen atoms in total. The molecule has 1 N–H and O–H groups in total. The van der Waals surface area contributed by atoms with Crippen molar-refractivity contribution >= 4 is 60.5 Å². The van der Waals surface area contributed by atoms with Crippen LogP contribution in [0.3, 0.4) is 0 Å². The Hall–Kier alpha value is -0.0300. The van der Waals surface area contributed by atoms with Crippen LogP contribution in [0.4, 0.5) is 5.69 Å². The van der Waals surface area contributed by atoms with Crippen molar-refractivity contribution < 1.29 is 0 Å². The Morgan fingerprint density at radius 3 is 2.62 bits per heavy atom. The molecule has 1 aromatic heterocycles. The molecule has 1 heterocycles. The van der Waals surface area contributed by atoms with Crippen LogP contribution in [0.25, 0.3) is 0 Å². The summed E-state index contributed by atoms with van der Waals surface area (Å²) in [5, 5.41) is 6.16. The number of thiophene rings is 1. The number of hydrogen-bond donors (Lipinski definition) is 1. The van der Waals surface area contributed by atoms with E-state index < -0.39 is 0 Å². The number of hydrogen-bond acceptors (Lipinski definition) is 2. The first-order chi connectivity index (χ1) is 7.66. The summed E-state index contributed by atoms with van der Waals surface area (Å²) >= 11 is 14.6. The first-order valence-corrected chi connectivity index (χ1v) is 7.42. The van der Waals surface area contributed by atoms with Crippen molar-refractivity contribution in [2.45, 2.75) is 6.54 Å². The predicted octanol–water partition coefficient (Wildman–Crippen LogP) is 5.54. The monoisotopic (exact) mass is 379 g/mol. The maximum absolute atomic E-state index is 5.88. The Kier molecular flexibility index (Phi) is 4.30. The van der Waals surface area contributed by atoms with E-state index in [1.54, 1.807) is 11.3 Å². The summed E-state index contributed by atoms with van der Waals surface area (Å²) in [6, 6.07) is 7.78. The Labute approximate surface area is 120 Å². The van der Waals surface area contributed by atoms with Gasteiger partial charge in [-0.05, 0) is 61.5 Å². The van der Waals surface area contributed by atoms with Gasteiger partial charge in [0.15, 0.2) is 0 Å². The number of nitrogens with one attached hydrogen (secondary N) is 1. The van der Waals surface area contributed by atoms with E-state index in [2.05, 4.69) is 48.6 Å². The van der Waals surface area contributed by atoms with Gasteiger partial charge in [-0.15, -0.1) is 11.3 Å². The molecule has 0 amide bonds. The molecule has 2 aromatic rings. The molecule has 5 heteroatoms. The summed E-state index contributed by atoms with van der Waals surface area (Å²) in [4.78, 5) is 1.28. The van der Waals surface area contributed by atoms with Crippen LogP contribution in [0.2, 0.25) is 5.02 Å². The predicted molar refractivity (Wildman–Crippen MR) is 78.5 cm³/mol. The maximum atomic E-state index is 5.88. The second-order valence-corrected chi connectivity index (χ2v) is 6.32. The molecule has 0 fully saturated rings. The lowest BCUT2D eigenvalue weighted by Gasteiger charge is -2.08. The fourth-order valence-corrected chi connectivity index (χ4v) is 3.51. The zero-order valence-corrected chi connectivity index (χ0v) is 12.9. The Bertz CT molecular complexity index is 498. The average molecular weight is 382 g/mol. The summed E-state index contributed by atoms with van der Waals surface area (Å²) in [5.74, 6) is 0. The molecule has 0 spiro atoms. The standard InChI is InChI=1S/C11H8Br2ClNS/c12-8-3-4-16-11(8)6-15-10-2-1-7(14)5-9(10)13/h1-5,15H,6H2. The van der Waals surface area contributed by atoms with Crippen LogP contribution in [0, 0.1) is 0 Å². The molecule has 0 aliphatic rings. The zero-order chi connectivity index (χ0) is 11.5. The summed E-state index contributed by atoms with van der Waals surface area (Å²) in [6.07, 6.45) is 0. The van der Waals surface area contributed by atoms with Gasteiger partial charge in [0, 0.05) is 24.5 Å². The van der Waals surface area contributed by atoms with Gasteiger partial charge in [-0.1, -0.05) is 11.6 Å². The fraction of sp³-hybridized carbons (Fsp3) is 0.0909. The first-order valence-electron chi connectivity index (χ1n) is 4.57. The van der Waals surface area contributed by atoms with Gasteiger partial charge in [-0.2, -0.15) is 0 Å². The van der Waals surface area contributed by atoms with E-state index in [0.717, 1.165) is 26.2 Å². The normalized spacial score (nSPS) is 10.4. The third kappa shape index (κ3) is 3.00. The third-order valence-electron chi connectivity index (χ3n) is 2.06. The molecule has 0 saturated carbocycles. The SMILES string of the molecule is Clc1ccc(NCc2sccc2Br)c(Br)c1. The van der Waals surface area contributed by atoms with E-state index >= 15 is 0 Å². The van der Waals surface area contributed by atoms with E-state index in [9.17, 15) is 0 Å². The third-order valence-corrected chi connectivity index (χ3v) is 4.88.